The second kappa shape index (κ2) is 10.2. The van der Waals surface area contributed by atoms with Crippen LogP contribution in [0, 0.1) is 5.92 Å². The second-order valence-electron chi connectivity index (χ2n) is 7.09. The maximum Gasteiger partial charge on any atom is 0.251 e. The van der Waals surface area contributed by atoms with E-state index in [1.807, 2.05) is 37.3 Å². The first-order valence-electron chi connectivity index (χ1n) is 9.92. The lowest BCUT2D eigenvalue weighted by atomic mass is 9.96. The number of thioether (sulfide) groups is 1. The van der Waals surface area contributed by atoms with Crippen molar-refractivity contribution in [3.05, 3.63) is 52.4 Å². The molecule has 1 aliphatic heterocycles. The van der Waals surface area contributed by atoms with Crippen molar-refractivity contribution < 1.29 is 9.59 Å². The first kappa shape index (κ1) is 21.1. The number of aryl methyl sites for hydroxylation is 1. The minimum Gasteiger partial charge on any atom is -0.342 e. The van der Waals surface area contributed by atoms with Crippen LogP contribution >= 0.6 is 11.8 Å². The number of carbonyl (C=O) groups is 2. The Bertz CT molecular complexity index is 892. The molecule has 0 aliphatic carbocycles. The van der Waals surface area contributed by atoms with Gasteiger partial charge in [-0.1, -0.05) is 43.3 Å². The van der Waals surface area contributed by atoms with Crippen LogP contribution in [0.4, 0.5) is 5.69 Å². The van der Waals surface area contributed by atoms with Crippen molar-refractivity contribution in [1.29, 1.82) is 0 Å². The number of benzene rings is 1. The summed E-state index contributed by atoms with van der Waals surface area (Å²) in [5, 5.41) is 3.41. The lowest BCUT2D eigenvalue weighted by molar-refractivity contribution is -0.132. The van der Waals surface area contributed by atoms with Gasteiger partial charge in [0.15, 0.2) is 5.16 Å². The average Bonchev–Trinajstić information content (AvgIpc) is 2.73. The van der Waals surface area contributed by atoms with Gasteiger partial charge >= 0.3 is 0 Å². The predicted molar refractivity (Wildman–Crippen MR) is 114 cm³/mol. The van der Waals surface area contributed by atoms with E-state index < -0.39 is 0 Å². The third-order valence-electron chi connectivity index (χ3n) is 4.87. The van der Waals surface area contributed by atoms with Crippen LogP contribution in [0.2, 0.25) is 0 Å². The highest BCUT2D eigenvalue weighted by molar-refractivity contribution is 7.99. The van der Waals surface area contributed by atoms with Gasteiger partial charge in [-0.25, -0.2) is 4.98 Å². The molecular weight excluding hydrogens is 388 g/mol. The molecule has 3 rings (SSSR count). The molecular formula is C21H26N4O3S. The molecule has 2 aromatic rings. The van der Waals surface area contributed by atoms with Gasteiger partial charge in [0.05, 0.1) is 5.75 Å². The zero-order valence-electron chi connectivity index (χ0n) is 16.5. The summed E-state index contributed by atoms with van der Waals surface area (Å²) in [6, 6.07) is 10.9. The predicted octanol–water partition coefficient (Wildman–Crippen LogP) is 2.69. The molecule has 8 heteroatoms. The molecule has 2 heterocycles. The monoisotopic (exact) mass is 414 g/mol. The molecule has 2 N–H and O–H groups in total. The highest BCUT2D eigenvalue weighted by Gasteiger charge is 2.27. The molecule has 1 fully saturated rings. The van der Waals surface area contributed by atoms with E-state index >= 15 is 0 Å². The number of piperidine rings is 1. The van der Waals surface area contributed by atoms with Gasteiger partial charge in [-0.2, -0.15) is 0 Å². The molecule has 154 valence electrons. The molecule has 0 saturated carbocycles. The minimum absolute atomic E-state index is 0.000427. The fourth-order valence-corrected chi connectivity index (χ4v) is 4.11. The van der Waals surface area contributed by atoms with Crippen molar-refractivity contribution in [1.82, 2.24) is 14.9 Å². The van der Waals surface area contributed by atoms with Crippen LogP contribution in [0.5, 0.6) is 0 Å². The number of aromatic nitrogens is 2. The van der Waals surface area contributed by atoms with Crippen molar-refractivity contribution in [3.63, 3.8) is 0 Å². The topological polar surface area (TPSA) is 95.2 Å². The molecule has 1 aromatic carbocycles. The Hall–Kier alpha value is -2.61. The van der Waals surface area contributed by atoms with E-state index in [1.54, 1.807) is 4.90 Å². The lowest BCUT2D eigenvalue weighted by Gasteiger charge is -2.31. The second-order valence-corrected chi connectivity index (χ2v) is 8.05. The number of nitrogens with one attached hydrogen (secondary N) is 2. The third-order valence-corrected chi connectivity index (χ3v) is 5.73. The number of para-hydroxylation sites is 1. The zero-order chi connectivity index (χ0) is 20.6. The number of aromatic amines is 1. The summed E-state index contributed by atoms with van der Waals surface area (Å²) < 4.78 is 0. The van der Waals surface area contributed by atoms with Crippen molar-refractivity contribution in [2.45, 2.75) is 37.8 Å². The van der Waals surface area contributed by atoms with Gasteiger partial charge in [0.25, 0.3) is 5.56 Å². The molecule has 0 spiro atoms. The number of nitrogens with zero attached hydrogens (tertiary/aromatic N) is 2. The number of hydrogen-bond acceptors (Lipinski definition) is 5. The number of amides is 2. The Morgan fingerprint density at radius 3 is 2.66 bits per heavy atom. The molecule has 1 saturated heterocycles. The standard InChI is InChI=1S/C21H26N4O3S/c1-2-6-17-13-18(26)24-21(23-17)29-14-19(27)25-11-9-15(10-12-25)20(28)22-16-7-4-3-5-8-16/h3-5,7-8,13,15H,2,6,9-12,14H2,1H3,(H,22,28)(H,23,24,26). The average molecular weight is 415 g/mol. The summed E-state index contributed by atoms with van der Waals surface area (Å²) in [6.45, 7) is 3.15. The van der Waals surface area contributed by atoms with Crippen molar-refractivity contribution >= 4 is 29.3 Å². The maximum atomic E-state index is 12.5. The summed E-state index contributed by atoms with van der Waals surface area (Å²) in [7, 11) is 0. The molecule has 29 heavy (non-hydrogen) atoms. The fourth-order valence-electron chi connectivity index (χ4n) is 3.31. The van der Waals surface area contributed by atoms with E-state index in [0.717, 1.165) is 24.2 Å². The van der Waals surface area contributed by atoms with Crippen LogP contribution in [0.1, 0.15) is 31.9 Å². The van der Waals surface area contributed by atoms with Crippen LogP contribution in [0.3, 0.4) is 0 Å². The first-order valence-corrected chi connectivity index (χ1v) is 10.9. The van der Waals surface area contributed by atoms with Crippen molar-refractivity contribution in [2.75, 3.05) is 24.2 Å². The number of carbonyl (C=O) groups excluding carboxylic acids is 2. The normalized spacial score (nSPS) is 14.6. The summed E-state index contributed by atoms with van der Waals surface area (Å²) in [5.74, 6) is 0.141. The van der Waals surface area contributed by atoms with Crippen molar-refractivity contribution in [3.8, 4) is 0 Å². The van der Waals surface area contributed by atoms with E-state index in [1.165, 1.54) is 17.8 Å². The zero-order valence-corrected chi connectivity index (χ0v) is 17.3. The van der Waals surface area contributed by atoms with E-state index in [-0.39, 0.29) is 29.0 Å². The largest absolute Gasteiger partial charge is 0.342 e. The van der Waals surface area contributed by atoms with Gasteiger partial charge in [-0.3, -0.25) is 14.4 Å². The number of anilines is 1. The van der Waals surface area contributed by atoms with Crippen molar-refractivity contribution in [2.24, 2.45) is 5.92 Å². The smallest absolute Gasteiger partial charge is 0.251 e. The Kier molecular flexibility index (Phi) is 7.46. The van der Waals surface area contributed by atoms with E-state index in [9.17, 15) is 14.4 Å². The summed E-state index contributed by atoms with van der Waals surface area (Å²) in [5.41, 5.74) is 1.35. The summed E-state index contributed by atoms with van der Waals surface area (Å²) in [6.07, 6.45) is 2.95. The Labute approximate surface area is 174 Å². The first-order chi connectivity index (χ1) is 14.0. The highest BCUT2D eigenvalue weighted by Crippen LogP contribution is 2.21. The molecule has 0 atom stereocenters. The Morgan fingerprint density at radius 1 is 1.24 bits per heavy atom. The van der Waals surface area contributed by atoms with Gasteiger partial charge in [-0.15, -0.1) is 0 Å². The van der Waals surface area contributed by atoms with Crippen LogP contribution < -0.4 is 10.9 Å². The Morgan fingerprint density at radius 2 is 1.97 bits per heavy atom. The molecule has 0 radical (unpaired) electrons. The minimum atomic E-state index is -0.191. The van der Waals surface area contributed by atoms with E-state index in [0.29, 0.717) is 31.1 Å². The quantitative estimate of drug-likeness (QED) is 0.537. The van der Waals surface area contributed by atoms with Crippen LogP contribution in [-0.4, -0.2) is 45.5 Å². The van der Waals surface area contributed by atoms with Gasteiger partial charge in [0.2, 0.25) is 11.8 Å². The number of rotatable bonds is 7. The van der Waals surface area contributed by atoms with Crippen LogP contribution in [0.15, 0.2) is 46.3 Å². The summed E-state index contributed by atoms with van der Waals surface area (Å²) in [4.78, 5) is 45.5. The lowest BCUT2D eigenvalue weighted by Crippen LogP contribution is -2.42. The van der Waals surface area contributed by atoms with Gasteiger partial charge < -0.3 is 15.2 Å². The molecule has 1 aliphatic rings. The fraction of sp³-hybridized carbons (Fsp3) is 0.429. The van der Waals surface area contributed by atoms with Crippen LogP contribution in [-0.2, 0) is 16.0 Å². The number of likely N-dealkylation sites (tertiary alicyclic amines) is 1. The van der Waals surface area contributed by atoms with E-state index in [2.05, 4.69) is 15.3 Å². The van der Waals surface area contributed by atoms with Gasteiger partial charge in [0.1, 0.15) is 0 Å². The summed E-state index contributed by atoms with van der Waals surface area (Å²) >= 11 is 1.25. The van der Waals surface area contributed by atoms with Gasteiger partial charge in [0, 0.05) is 36.5 Å². The molecule has 7 nitrogen and oxygen atoms in total. The molecule has 0 bridgehead atoms. The van der Waals surface area contributed by atoms with E-state index in [4.69, 9.17) is 0 Å². The SMILES string of the molecule is CCCc1cc(=O)[nH]c(SCC(=O)N2CCC(C(=O)Nc3ccccc3)CC2)n1. The number of H-pyrrole nitrogens is 1. The number of hydrogen-bond donors (Lipinski definition) is 2. The molecule has 0 unspecified atom stereocenters. The third kappa shape index (κ3) is 6.19. The Balaban J connectivity index is 1.46. The highest BCUT2D eigenvalue weighted by atomic mass is 32.2. The maximum absolute atomic E-state index is 12.5. The van der Waals surface area contributed by atoms with Crippen LogP contribution in [0.25, 0.3) is 0 Å². The molecule has 1 aromatic heterocycles. The molecule has 2 amide bonds. The van der Waals surface area contributed by atoms with Gasteiger partial charge in [-0.05, 0) is 31.4 Å².